The van der Waals surface area contributed by atoms with E-state index >= 15 is 0 Å². The van der Waals surface area contributed by atoms with Crippen molar-refractivity contribution in [2.24, 2.45) is 0 Å². The average Bonchev–Trinajstić information content (AvgIpc) is 3.35. The number of carbonyl (C=O) groups is 4. The van der Waals surface area contributed by atoms with Gasteiger partial charge in [-0.3, -0.25) is 14.4 Å². The molecule has 12 nitrogen and oxygen atoms in total. The number of carboxylic acid groups (broad SMARTS) is 1. The summed E-state index contributed by atoms with van der Waals surface area (Å²) in [5.74, 6) is -3.31. The number of carboxylic acids is 1. The average molecular weight is 997 g/mol. The molecule has 1 aliphatic rings. The lowest BCUT2D eigenvalue weighted by molar-refractivity contribution is -0.301. The van der Waals surface area contributed by atoms with Crippen LogP contribution in [0.4, 0.5) is 0 Å². The Morgan fingerprint density at radius 1 is 0.493 bits per heavy atom. The second-order valence-corrected chi connectivity index (χ2v) is 18.5. The van der Waals surface area contributed by atoms with Gasteiger partial charge in [0, 0.05) is 12.8 Å². The van der Waals surface area contributed by atoms with Crippen LogP contribution < -0.4 is 0 Å². The van der Waals surface area contributed by atoms with E-state index in [1.165, 1.54) is 51.4 Å². The molecule has 0 aromatic rings. The summed E-state index contributed by atoms with van der Waals surface area (Å²) in [6.45, 7) is 5.71. The molecule has 1 aliphatic heterocycles. The highest BCUT2D eigenvalue weighted by molar-refractivity contribution is 5.74. The normalized spacial score (nSPS) is 19.1. The predicted molar refractivity (Wildman–Crippen MR) is 284 cm³/mol. The number of unbranched alkanes of at least 4 members (excludes halogenated alkanes) is 18. The van der Waals surface area contributed by atoms with Crippen LogP contribution in [0.2, 0.25) is 0 Å². The second-order valence-electron chi connectivity index (χ2n) is 18.5. The van der Waals surface area contributed by atoms with E-state index in [9.17, 15) is 34.5 Å². The van der Waals surface area contributed by atoms with Crippen molar-refractivity contribution < 1.29 is 58.2 Å². The molecule has 0 radical (unpaired) electrons. The zero-order chi connectivity index (χ0) is 51.8. The van der Waals surface area contributed by atoms with E-state index in [1.807, 2.05) is 12.2 Å². The molecule has 12 heteroatoms. The van der Waals surface area contributed by atoms with Crippen molar-refractivity contribution in [3.63, 3.8) is 0 Å². The van der Waals surface area contributed by atoms with Crippen LogP contribution in [0.1, 0.15) is 213 Å². The summed E-state index contributed by atoms with van der Waals surface area (Å²) in [5.41, 5.74) is 0. The molecular weight excluding hydrogens is 901 g/mol. The second kappa shape index (κ2) is 46.9. The fraction of sp³-hybridized carbons (Fsp3) is 0.695. The van der Waals surface area contributed by atoms with Gasteiger partial charge < -0.3 is 39.0 Å². The van der Waals surface area contributed by atoms with Crippen molar-refractivity contribution in [1.29, 1.82) is 0 Å². The first kappa shape index (κ1) is 64.9. The zero-order valence-corrected chi connectivity index (χ0v) is 44.2. The molecule has 1 heterocycles. The van der Waals surface area contributed by atoms with Crippen LogP contribution in [0.3, 0.4) is 0 Å². The van der Waals surface area contributed by atoms with Gasteiger partial charge in [0.15, 0.2) is 24.6 Å². The highest BCUT2D eigenvalue weighted by atomic mass is 16.7. The van der Waals surface area contributed by atoms with Gasteiger partial charge in [-0.1, -0.05) is 189 Å². The lowest BCUT2D eigenvalue weighted by atomic mass is 9.98. The van der Waals surface area contributed by atoms with Gasteiger partial charge in [-0.15, -0.1) is 0 Å². The summed E-state index contributed by atoms with van der Waals surface area (Å²) in [6, 6.07) is 0. The molecule has 0 amide bonds. The van der Waals surface area contributed by atoms with Crippen LogP contribution in [-0.2, 0) is 42.9 Å². The van der Waals surface area contributed by atoms with Gasteiger partial charge in [0.05, 0.1) is 13.0 Å². The number of aliphatic carboxylic acids is 1. The summed E-state index contributed by atoms with van der Waals surface area (Å²) >= 11 is 0. The van der Waals surface area contributed by atoms with Gasteiger partial charge in [0.25, 0.3) is 0 Å². The Balaban J connectivity index is 2.79. The van der Waals surface area contributed by atoms with Gasteiger partial charge in [-0.25, -0.2) is 4.79 Å². The number of carbonyl (C=O) groups excluding carboxylic acids is 3. The van der Waals surface area contributed by atoms with Gasteiger partial charge in [0.1, 0.15) is 18.8 Å². The van der Waals surface area contributed by atoms with Crippen molar-refractivity contribution in [2.45, 2.75) is 250 Å². The van der Waals surface area contributed by atoms with Crippen molar-refractivity contribution in [3.8, 4) is 0 Å². The Hall–Kier alpha value is -4.10. The summed E-state index contributed by atoms with van der Waals surface area (Å²) in [6.07, 6.45) is 47.4. The van der Waals surface area contributed by atoms with E-state index in [1.54, 1.807) is 6.08 Å². The molecule has 0 spiro atoms. The number of aliphatic hydroxyl groups is 2. The molecule has 71 heavy (non-hydrogen) atoms. The highest BCUT2D eigenvalue weighted by Gasteiger charge is 2.50. The summed E-state index contributed by atoms with van der Waals surface area (Å²) in [4.78, 5) is 50.9. The Morgan fingerprint density at radius 3 is 1.45 bits per heavy atom. The van der Waals surface area contributed by atoms with E-state index in [4.69, 9.17) is 23.7 Å². The maximum atomic E-state index is 13.1. The fourth-order valence-corrected chi connectivity index (χ4v) is 7.71. The maximum absolute atomic E-state index is 13.1. The van der Waals surface area contributed by atoms with E-state index in [0.717, 1.165) is 103 Å². The molecule has 404 valence electrons. The summed E-state index contributed by atoms with van der Waals surface area (Å²) in [5, 5.41) is 31.3. The van der Waals surface area contributed by atoms with E-state index in [-0.39, 0.29) is 25.9 Å². The molecule has 3 N–H and O–H groups in total. The minimum atomic E-state index is -1.92. The van der Waals surface area contributed by atoms with Crippen molar-refractivity contribution in [2.75, 3.05) is 13.2 Å². The van der Waals surface area contributed by atoms with Crippen molar-refractivity contribution >= 4 is 23.9 Å². The molecular formula is C59H96O12. The first-order valence-corrected chi connectivity index (χ1v) is 27.6. The lowest BCUT2D eigenvalue weighted by Gasteiger charge is -2.40. The van der Waals surface area contributed by atoms with Crippen LogP contribution in [0.25, 0.3) is 0 Å². The third-order valence-electron chi connectivity index (χ3n) is 12.0. The number of ether oxygens (including phenoxy) is 5. The predicted octanol–water partition coefficient (Wildman–Crippen LogP) is 13.6. The molecule has 6 unspecified atom stereocenters. The largest absolute Gasteiger partial charge is 0.479 e. The van der Waals surface area contributed by atoms with Crippen LogP contribution in [0.15, 0.2) is 85.1 Å². The Labute approximate surface area is 429 Å². The minimum Gasteiger partial charge on any atom is -0.479 e. The van der Waals surface area contributed by atoms with E-state index in [0.29, 0.717) is 19.3 Å². The Kier molecular flexibility index (Phi) is 42.9. The van der Waals surface area contributed by atoms with Crippen LogP contribution in [-0.4, -0.2) is 89.2 Å². The Morgan fingerprint density at radius 2 is 0.944 bits per heavy atom. The lowest BCUT2D eigenvalue weighted by Crippen LogP contribution is -2.61. The summed E-state index contributed by atoms with van der Waals surface area (Å²) in [7, 11) is 0. The molecule has 0 aromatic carbocycles. The molecule has 1 rings (SSSR count). The molecule has 1 fully saturated rings. The first-order chi connectivity index (χ1) is 34.6. The number of hydrogen-bond donors (Lipinski definition) is 3. The fourth-order valence-electron chi connectivity index (χ4n) is 7.71. The standard InChI is InChI=1S/C59H96O12/c1-4-7-10-13-16-19-22-24-26-28-31-33-36-39-42-45-51(60)67-48-50(69-52(61)46-43-40-37-35-32-29-27-25-23-20-17-14-11-8-5-2)49-68-59-57(55(64)54(63)56(71-59)58(65)66)70-53(62)47-44-41-38-34-30-21-18-15-12-9-6-3/h7,10,15-16,18-19,24-27,31,33,39,42,50,54-57,59,63-64H,4-6,8-9,11-14,17,20-23,28-30,32,34-38,40-41,43-49H2,1-3H3,(H,65,66)/b10-7-,18-15-,19-16-,26-24-,27-25-,33-31-,42-39-. The van der Waals surface area contributed by atoms with Gasteiger partial charge in [-0.2, -0.15) is 0 Å². The third kappa shape index (κ3) is 37.3. The molecule has 0 aromatic heterocycles. The topological polar surface area (TPSA) is 175 Å². The number of allylic oxidation sites excluding steroid dienone is 13. The van der Waals surface area contributed by atoms with Gasteiger partial charge in [0.2, 0.25) is 0 Å². The molecule has 6 atom stereocenters. The quantitative estimate of drug-likeness (QED) is 0.0228. The van der Waals surface area contributed by atoms with E-state index in [2.05, 4.69) is 87.6 Å². The van der Waals surface area contributed by atoms with Crippen LogP contribution in [0, 0.1) is 0 Å². The maximum Gasteiger partial charge on any atom is 0.335 e. The SMILES string of the molecule is CC/C=C\C/C=C\C/C=C\C/C=C\C/C=C\CC(=O)OCC(COC1OC(C(=O)O)C(O)C(O)C1OC(=O)CCCCCCC/C=C\CCCC)OC(=O)CCCCCCC/C=C\CCCCCCCC. The monoisotopic (exact) mass is 997 g/mol. The smallest absolute Gasteiger partial charge is 0.335 e. The minimum absolute atomic E-state index is 0.0193. The molecule has 1 saturated heterocycles. The first-order valence-electron chi connectivity index (χ1n) is 27.6. The third-order valence-corrected chi connectivity index (χ3v) is 12.0. The number of hydrogen-bond acceptors (Lipinski definition) is 11. The highest BCUT2D eigenvalue weighted by Crippen LogP contribution is 2.26. The number of esters is 3. The molecule has 0 saturated carbocycles. The summed E-state index contributed by atoms with van der Waals surface area (Å²) < 4.78 is 28.2. The van der Waals surface area contributed by atoms with Crippen LogP contribution >= 0.6 is 0 Å². The molecule has 0 aliphatic carbocycles. The van der Waals surface area contributed by atoms with E-state index < -0.39 is 67.3 Å². The number of rotatable bonds is 45. The molecule has 0 bridgehead atoms. The number of aliphatic hydroxyl groups excluding tert-OH is 2. The Bertz CT molecular complexity index is 1560. The van der Waals surface area contributed by atoms with Crippen molar-refractivity contribution in [3.05, 3.63) is 85.1 Å². The van der Waals surface area contributed by atoms with Crippen molar-refractivity contribution in [1.82, 2.24) is 0 Å². The van der Waals surface area contributed by atoms with Gasteiger partial charge >= 0.3 is 23.9 Å². The van der Waals surface area contributed by atoms with Gasteiger partial charge in [-0.05, 0) is 89.9 Å². The van der Waals surface area contributed by atoms with Crippen LogP contribution in [0.5, 0.6) is 0 Å². The zero-order valence-electron chi connectivity index (χ0n) is 44.2.